The second-order valence-electron chi connectivity index (χ2n) is 6.93. The summed E-state index contributed by atoms with van der Waals surface area (Å²) in [6.07, 6.45) is 4.75. The van der Waals surface area contributed by atoms with Gasteiger partial charge in [-0.2, -0.15) is 9.78 Å². The topological polar surface area (TPSA) is 101 Å². The maximum atomic E-state index is 12.5. The van der Waals surface area contributed by atoms with E-state index in [0.717, 1.165) is 22.5 Å². The molecule has 154 valence electrons. The van der Waals surface area contributed by atoms with Crippen LogP contribution in [-0.4, -0.2) is 67.9 Å². The summed E-state index contributed by atoms with van der Waals surface area (Å²) in [7, 11) is 0. The highest BCUT2D eigenvalue weighted by molar-refractivity contribution is 5.86. The third-order valence-corrected chi connectivity index (χ3v) is 4.82. The van der Waals surface area contributed by atoms with E-state index < -0.39 is 5.97 Å². The van der Waals surface area contributed by atoms with Crippen LogP contribution in [0.4, 0.5) is 4.79 Å². The molecule has 1 fully saturated rings. The lowest BCUT2D eigenvalue weighted by molar-refractivity contribution is 0.0689. The summed E-state index contributed by atoms with van der Waals surface area (Å²) in [5, 5.41) is 12.8. The van der Waals surface area contributed by atoms with E-state index >= 15 is 0 Å². The molecule has 0 saturated carbocycles. The highest BCUT2D eigenvalue weighted by atomic mass is 16.5. The third-order valence-electron chi connectivity index (χ3n) is 4.82. The van der Waals surface area contributed by atoms with Gasteiger partial charge in [-0.3, -0.25) is 9.88 Å². The number of pyridine rings is 1. The number of aromatic nitrogens is 3. The molecule has 1 N–H and O–H groups in total. The molecule has 4 rings (SSSR count). The van der Waals surface area contributed by atoms with Crippen molar-refractivity contribution in [2.45, 2.75) is 6.54 Å². The lowest BCUT2D eigenvalue weighted by Crippen LogP contribution is -2.49. The number of piperazine rings is 1. The van der Waals surface area contributed by atoms with Gasteiger partial charge >= 0.3 is 12.0 Å². The van der Waals surface area contributed by atoms with Crippen LogP contribution in [0.2, 0.25) is 0 Å². The van der Waals surface area contributed by atoms with Gasteiger partial charge in [0.2, 0.25) is 0 Å². The maximum Gasteiger partial charge on any atom is 0.356 e. The number of rotatable bonds is 5. The molecule has 1 aliphatic rings. The van der Waals surface area contributed by atoms with Crippen molar-refractivity contribution in [3.8, 4) is 11.5 Å². The first kappa shape index (κ1) is 19.6. The maximum absolute atomic E-state index is 12.5. The Morgan fingerprint density at radius 1 is 1.03 bits per heavy atom. The van der Waals surface area contributed by atoms with Gasteiger partial charge in [0.25, 0.3) is 0 Å². The largest absolute Gasteiger partial charge is 0.476 e. The number of hydrogen-bond donors (Lipinski definition) is 1. The van der Waals surface area contributed by atoms with E-state index in [1.165, 1.54) is 12.3 Å². The Balaban J connectivity index is 1.32. The molecular weight excluding hydrogens is 386 g/mol. The molecule has 0 bridgehead atoms. The number of ether oxygens (including phenoxy) is 1. The van der Waals surface area contributed by atoms with E-state index in [0.29, 0.717) is 31.9 Å². The van der Waals surface area contributed by atoms with E-state index in [1.54, 1.807) is 17.3 Å². The normalized spacial score (nSPS) is 14.5. The predicted molar refractivity (Wildman–Crippen MR) is 108 cm³/mol. The second kappa shape index (κ2) is 8.75. The Kier molecular flexibility index (Phi) is 5.71. The summed E-state index contributed by atoms with van der Waals surface area (Å²) in [4.78, 5) is 31.4. The van der Waals surface area contributed by atoms with Crippen molar-refractivity contribution in [2.24, 2.45) is 0 Å². The van der Waals surface area contributed by atoms with Gasteiger partial charge in [-0.25, -0.2) is 9.59 Å². The van der Waals surface area contributed by atoms with Crippen LogP contribution in [-0.2, 0) is 6.54 Å². The SMILES string of the molecule is O=C(O)c1ccn(C(=O)N2CCN(Cc3cccc(Oc4cccnc4)c3)CC2)n1. The number of carboxylic acid groups (broad SMARTS) is 1. The van der Waals surface area contributed by atoms with Crippen molar-refractivity contribution >= 4 is 12.0 Å². The van der Waals surface area contributed by atoms with Gasteiger partial charge in [0.15, 0.2) is 5.69 Å². The monoisotopic (exact) mass is 407 g/mol. The fraction of sp³-hybridized carbons (Fsp3) is 0.238. The van der Waals surface area contributed by atoms with E-state index in [4.69, 9.17) is 9.84 Å². The average Bonchev–Trinajstić information content (AvgIpc) is 3.26. The van der Waals surface area contributed by atoms with E-state index in [9.17, 15) is 9.59 Å². The van der Waals surface area contributed by atoms with Crippen molar-refractivity contribution in [3.63, 3.8) is 0 Å². The predicted octanol–water partition coefficient (Wildman–Crippen LogP) is 2.55. The van der Waals surface area contributed by atoms with Gasteiger partial charge in [0.1, 0.15) is 11.5 Å². The van der Waals surface area contributed by atoms with Crippen molar-refractivity contribution < 1.29 is 19.4 Å². The Bertz CT molecular complexity index is 1030. The van der Waals surface area contributed by atoms with Crippen LogP contribution in [0, 0.1) is 0 Å². The summed E-state index contributed by atoms with van der Waals surface area (Å²) in [5.41, 5.74) is 0.977. The lowest BCUT2D eigenvalue weighted by Gasteiger charge is -2.34. The van der Waals surface area contributed by atoms with Crippen molar-refractivity contribution in [1.29, 1.82) is 0 Å². The number of carboxylic acids is 1. The minimum Gasteiger partial charge on any atom is -0.476 e. The molecule has 2 aromatic heterocycles. The van der Waals surface area contributed by atoms with Crippen LogP contribution in [0.15, 0.2) is 61.1 Å². The molecule has 9 nitrogen and oxygen atoms in total. The number of carbonyl (C=O) groups is 2. The van der Waals surface area contributed by atoms with Crippen LogP contribution in [0.1, 0.15) is 16.1 Å². The first-order valence-corrected chi connectivity index (χ1v) is 9.56. The molecule has 1 saturated heterocycles. The first-order chi connectivity index (χ1) is 14.6. The highest BCUT2D eigenvalue weighted by Crippen LogP contribution is 2.22. The Labute approximate surface area is 173 Å². The van der Waals surface area contributed by atoms with Gasteiger partial charge in [-0.05, 0) is 35.9 Å². The zero-order chi connectivity index (χ0) is 20.9. The van der Waals surface area contributed by atoms with Crippen LogP contribution in [0.25, 0.3) is 0 Å². The molecule has 1 amide bonds. The zero-order valence-corrected chi connectivity index (χ0v) is 16.2. The van der Waals surface area contributed by atoms with Gasteiger partial charge < -0.3 is 14.7 Å². The molecule has 30 heavy (non-hydrogen) atoms. The molecule has 0 aliphatic carbocycles. The quantitative estimate of drug-likeness (QED) is 0.694. The summed E-state index contributed by atoms with van der Waals surface area (Å²) >= 11 is 0. The van der Waals surface area contributed by atoms with Gasteiger partial charge in [-0.1, -0.05) is 12.1 Å². The number of nitrogens with zero attached hydrogens (tertiary/aromatic N) is 5. The summed E-state index contributed by atoms with van der Waals surface area (Å²) in [6.45, 7) is 3.27. The molecule has 3 aromatic rings. The van der Waals surface area contributed by atoms with Crippen LogP contribution >= 0.6 is 0 Å². The molecule has 0 atom stereocenters. The molecule has 1 aliphatic heterocycles. The zero-order valence-electron chi connectivity index (χ0n) is 16.2. The third kappa shape index (κ3) is 4.64. The average molecular weight is 407 g/mol. The smallest absolute Gasteiger partial charge is 0.356 e. The lowest BCUT2D eigenvalue weighted by atomic mass is 10.2. The van der Waals surface area contributed by atoms with Gasteiger partial charge in [0, 0.05) is 45.1 Å². The van der Waals surface area contributed by atoms with Crippen LogP contribution in [0.3, 0.4) is 0 Å². The Morgan fingerprint density at radius 2 is 1.83 bits per heavy atom. The number of aromatic carboxylic acids is 1. The fourth-order valence-electron chi connectivity index (χ4n) is 3.30. The number of amides is 1. The highest BCUT2D eigenvalue weighted by Gasteiger charge is 2.23. The van der Waals surface area contributed by atoms with Gasteiger partial charge in [-0.15, -0.1) is 0 Å². The summed E-state index contributed by atoms with van der Waals surface area (Å²) < 4.78 is 6.92. The molecule has 0 spiro atoms. The summed E-state index contributed by atoms with van der Waals surface area (Å²) in [5.74, 6) is 0.287. The molecule has 1 aromatic carbocycles. The van der Waals surface area contributed by atoms with Crippen molar-refractivity contribution in [3.05, 3.63) is 72.3 Å². The summed E-state index contributed by atoms with van der Waals surface area (Å²) in [6, 6.07) is 12.6. The van der Waals surface area contributed by atoms with E-state index in [-0.39, 0.29) is 11.7 Å². The number of hydrogen-bond acceptors (Lipinski definition) is 6. The van der Waals surface area contributed by atoms with Crippen LogP contribution in [0.5, 0.6) is 11.5 Å². The minimum atomic E-state index is -1.15. The van der Waals surface area contributed by atoms with Gasteiger partial charge in [0.05, 0.1) is 6.20 Å². The first-order valence-electron chi connectivity index (χ1n) is 9.56. The van der Waals surface area contributed by atoms with E-state index in [1.807, 2.05) is 36.4 Å². The molecule has 9 heteroatoms. The Hall–Kier alpha value is -3.72. The molecular formula is C21H21N5O4. The van der Waals surface area contributed by atoms with Crippen LogP contribution < -0.4 is 4.74 Å². The molecule has 3 heterocycles. The van der Waals surface area contributed by atoms with E-state index in [2.05, 4.69) is 15.0 Å². The molecule has 0 unspecified atom stereocenters. The molecule has 0 radical (unpaired) electrons. The van der Waals surface area contributed by atoms with Crippen molar-refractivity contribution in [1.82, 2.24) is 24.6 Å². The second-order valence-corrected chi connectivity index (χ2v) is 6.93. The fourth-order valence-corrected chi connectivity index (χ4v) is 3.30. The van der Waals surface area contributed by atoms with Crippen molar-refractivity contribution in [2.75, 3.05) is 26.2 Å². The Morgan fingerprint density at radius 3 is 2.53 bits per heavy atom. The minimum absolute atomic E-state index is 0.143. The number of benzene rings is 1. The standard InChI is InChI=1S/C21H21N5O4/c27-20(28)19-6-8-26(23-19)21(29)25-11-9-24(10-12-25)15-16-3-1-4-17(13-16)30-18-5-2-7-22-14-18/h1-8,13-14H,9-12,15H2,(H,27,28). The number of carbonyl (C=O) groups excluding carboxylic acids is 1.